The minimum Gasteiger partial charge on any atom is -0.456 e. The molecule has 21 nitrogen and oxygen atoms in total. The van der Waals surface area contributed by atoms with Crippen molar-refractivity contribution in [2.45, 2.75) is 154 Å². The third kappa shape index (κ3) is 11.6. The average Bonchev–Trinajstić information content (AvgIpc) is 4.03. The zero-order valence-electron chi connectivity index (χ0n) is 46.8. The summed E-state index contributed by atoms with van der Waals surface area (Å²) in [6.45, 7) is 20.5. The molecular formula is C57H78N10O11P+. The number of hydrogen-bond acceptors (Lipinski definition) is 14. The lowest BCUT2D eigenvalue weighted by atomic mass is 9.77. The van der Waals surface area contributed by atoms with Gasteiger partial charge >= 0.3 is 7.82 Å². The normalized spacial score (nSPS) is 22.0. The summed E-state index contributed by atoms with van der Waals surface area (Å²) in [6.07, 6.45) is -0.234. The van der Waals surface area contributed by atoms with Gasteiger partial charge in [-0.25, -0.2) is 14.1 Å². The van der Waals surface area contributed by atoms with E-state index >= 15 is 0 Å². The zero-order chi connectivity index (χ0) is 56.9. The van der Waals surface area contributed by atoms with Gasteiger partial charge in [-0.15, -0.1) is 0 Å². The summed E-state index contributed by atoms with van der Waals surface area (Å²) in [5.41, 5.74) is 12.1. The van der Waals surface area contributed by atoms with E-state index in [1.165, 1.54) is 26.7 Å². The lowest BCUT2D eigenvalue weighted by molar-refractivity contribution is -0.121. The van der Waals surface area contributed by atoms with E-state index in [2.05, 4.69) is 125 Å². The van der Waals surface area contributed by atoms with Crippen molar-refractivity contribution in [3.63, 3.8) is 0 Å². The van der Waals surface area contributed by atoms with E-state index < -0.39 is 44.5 Å². The summed E-state index contributed by atoms with van der Waals surface area (Å²) in [4.78, 5) is 74.0. The fourth-order valence-corrected chi connectivity index (χ4v) is 13.1. The van der Waals surface area contributed by atoms with Gasteiger partial charge < -0.3 is 55.6 Å². The number of aliphatic hydroxyl groups excluding tert-OH is 2. The molecule has 1 fully saturated rings. The predicted molar refractivity (Wildman–Crippen MR) is 302 cm³/mol. The number of amides is 2. The third-order valence-corrected chi connectivity index (χ3v) is 16.8. The lowest BCUT2D eigenvalue weighted by Crippen LogP contribution is -2.52. The first-order valence-electron chi connectivity index (χ1n) is 27.7. The molecule has 9 rings (SSSR count). The van der Waals surface area contributed by atoms with E-state index in [0.29, 0.717) is 49.9 Å². The number of aromatic amines is 1. The van der Waals surface area contributed by atoms with Gasteiger partial charge in [0.15, 0.2) is 22.9 Å². The second kappa shape index (κ2) is 22.7. The van der Waals surface area contributed by atoms with Crippen molar-refractivity contribution in [2.24, 2.45) is 0 Å². The summed E-state index contributed by atoms with van der Waals surface area (Å²) in [7, 11) is -3.11. The Bertz CT molecular complexity index is 3390. The van der Waals surface area contributed by atoms with Gasteiger partial charge in [0.2, 0.25) is 23.2 Å². The Morgan fingerprint density at radius 3 is 2.38 bits per heavy atom. The smallest absolute Gasteiger partial charge is 0.456 e. The molecule has 4 aliphatic rings. The molecule has 9 N–H and O–H groups in total. The van der Waals surface area contributed by atoms with Crippen LogP contribution in [0.2, 0.25) is 0 Å². The van der Waals surface area contributed by atoms with Crippen molar-refractivity contribution < 1.29 is 48.2 Å². The van der Waals surface area contributed by atoms with Crippen LogP contribution in [0, 0.1) is 0 Å². The van der Waals surface area contributed by atoms with Gasteiger partial charge in [-0.05, 0) is 108 Å². The number of carbonyl (C=O) groups excluding carboxylic acids is 2. The summed E-state index contributed by atoms with van der Waals surface area (Å²) in [6, 6.07) is 17.0. The zero-order valence-corrected chi connectivity index (χ0v) is 47.7. The largest absolute Gasteiger partial charge is 0.469 e. The van der Waals surface area contributed by atoms with E-state index in [-0.39, 0.29) is 52.4 Å². The number of nitrogens with one attached hydrogen (secondary N) is 3. The van der Waals surface area contributed by atoms with Crippen LogP contribution in [0.25, 0.3) is 16.7 Å². The number of unbranched alkanes of at least 4 members (excludes halogenated alkanes) is 3. The molecule has 79 heavy (non-hydrogen) atoms. The van der Waals surface area contributed by atoms with Gasteiger partial charge in [0.05, 0.1) is 12.7 Å². The Morgan fingerprint density at radius 2 is 1.66 bits per heavy atom. The monoisotopic (exact) mass is 1110 g/mol. The molecule has 0 aliphatic carbocycles. The van der Waals surface area contributed by atoms with Crippen LogP contribution in [-0.4, -0.2) is 132 Å². The molecule has 2 aromatic heterocycles. The summed E-state index contributed by atoms with van der Waals surface area (Å²) < 4.78 is 32.4. The second-order valence-corrected chi connectivity index (χ2v) is 24.2. The number of aromatic nitrogens is 4. The topological polar surface area (TPSA) is 283 Å². The molecule has 0 spiro atoms. The highest BCUT2D eigenvalue weighted by Gasteiger charge is 2.47. The Labute approximate surface area is 460 Å². The lowest BCUT2D eigenvalue weighted by Gasteiger charge is -2.47. The number of hydrogen-bond donors (Lipinski definition) is 8. The van der Waals surface area contributed by atoms with Crippen molar-refractivity contribution in [2.75, 3.05) is 62.3 Å². The minimum atomic E-state index is -4.91. The number of rotatable bonds is 20. The molecular weight excluding hydrogens is 1030 g/mol. The number of nitrogens with zero attached hydrogens (tertiary/aromatic N) is 6. The van der Waals surface area contributed by atoms with Crippen molar-refractivity contribution in [1.82, 2.24) is 34.3 Å². The maximum atomic E-state index is 14.7. The fourth-order valence-electron chi connectivity index (χ4n) is 12.7. The minimum absolute atomic E-state index is 0.0318. The van der Waals surface area contributed by atoms with Crippen LogP contribution < -0.4 is 46.7 Å². The maximum absolute atomic E-state index is 14.7. The Morgan fingerprint density at radius 1 is 0.937 bits per heavy atom. The third-order valence-electron chi connectivity index (χ3n) is 16.3. The molecule has 1 saturated heterocycles. The number of benzene rings is 3. The van der Waals surface area contributed by atoms with Gasteiger partial charge in [-0.2, -0.15) is 4.98 Å². The fraction of sp³-hybridized carbons (Fsp3) is 0.544. The van der Waals surface area contributed by atoms with Gasteiger partial charge in [-0.1, -0.05) is 44.9 Å². The van der Waals surface area contributed by atoms with Crippen LogP contribution in [-0.2, 0) is 18.6 Å². The van der Waals surface area contributed by atoms with Crippen molar-refractivity contribution in [3.8, 4) is 11.5 Å². The average molecular weight is 1110 g/mol. The summed E-state index contributed by atoms with van der Waals surface area (Å²) in [5, 5.41) is 29.9. The van der Waals surface area contributed by atoms with E-state index in [0.717, 1.165) is 78.6 Å². The number of aliphatic hydroxyl groups is 2. The number of H-pyrrole nitrogens is 1. The molecule has 4 aliphatic heterocycles. The van der Waals surface area contributed by atoms with Crippen LogP contribution in [0.4, 0.5) is 17.6 Å². The molecule has 2 unspecified atom stereocenters. The Balaban J connectivity index is 0.830. The molecule has 0 radical (unpaired) electrons. The highest BCUT2D eigenvalue weighted by molar-refractivity contribution is 7.46. The number of phosphoric ester groups is 1. The Kier molecular flexibility index (Phi) is 16.6. The highest BCUT2D eigenvalue weighted by atomic mass is 31.2. The van der Waals surface area contributed by atoms with Crippen LogP contribution in [0.5, 0.6) is 11.5 Å². The maximum Gasteiger partial charge on any atom is 0.469 e. The number of nitrogens with two attached hydrogens (primary N) is 1. The van der Waals surface area contributed by atoms with Crippen LogP contribution in [0.1, 0.15) is 157 Å². The van der Waals surface area contributed by atoms with Crippen LogP contribution in [0.3, 0.4) is 0 Å². The highest BCUT2D eigenvalue weighted by Crippen LogP contribution is 2.49. The molecule has 6 heterocycles. The van der Waals surface area contributed by atoms with Gasteiger partial charge in [0.25, 0.3) is 11.5 Å². The van der Waals surface area contributed by atoms with Crippen molar-refractivity contribution in [1.29, 1.82) is 0 Å². The molecule has 0 saturated carbocycles. The van der Waals surface area contributed by atoms with Crippen molar-refractivity contribution in [3.05, 3.63) is 97.3 Å². The first-order valence-corrected chi connectivity index (χ1v) is 29.3. The quantitative estimate of drug-likeness (QED) is 0.0272. The molecule has 3 aromatic carbocycles. The number of ether oxygens (including phenoxy) is 2. The second-order valence-electron chi connectivity index (χ2n) is 22.9. The molecule has 6 atom stereocenters. The summed E-state index contributed by atoms with van der Waals surface area (Å²) in [5.74, 6) is 1.81. The van der Waals surface area contributed by atoms with E-state index in [9.17, 15) is 29.2 Å². The predicted octanol–water partition coefficient (Wildman–Crippen LogP) is 5.33. The number of phosphoric acid groups is 1. The number of anilines is 3. The van der Waals surface area contributed by atoms with Crippen LogP contribution >= 0.6 is 7.82 Å². The van der Waals surface area contributed by atoms with Gasteiger partial charge in [0, 0.05) is 90.8 Å². The van der Waals surface area contributed by atoms with Gasteiger partial charge in [0.1, 0.15) is 36.4 Å². The van der Waals surface area contributed by atoms with E-state index in [1.807, 2.05) is 18.2 Å². The first-order chi connectivity index (χ1) is 37.4. The Hall–Kier alpha value is -6.19. The number of imidazole rings is 1. The molecule has 5 aromatic rings. The van der Waals surface area contributed by atoms with Crippen molar-refractivity contribution >= 4 is 54.0 Å². The first kappa shape index (κ1) is 57.5. The SMILES string of the molecule is CCN1c2cc3c(cc2C(C)CC1(C)C)C(c1ccccc1C(=O)N(C)CCCC(=O)NCCCCCCNc1nc2c(=O)[nH]c(N)nc2n1[C@@H]1O[C@H](COP(=O)(O)O)[C@@H](O)[C@H]1O)=c1cc2c(cc1O3)=[N+](CC)C(C)(C)CC2C. The number of nitrogen functional groups attached to an aromatic ring is 1. The molecule has 0 bridgehead atoms. The number of carbonyl (C=O) groups is 2. The summed E-state index contributed by atoms with van der Waals surface area (Å²) >= 11 is 0. The molecule has 22 heteroatoms. The van der Waals surface area contributed by atoms with Gasteiger partial charge in [-0.3, -0.25) is 28.5 Å². The molecule has 2 amide bonds. The van der Waals surface area contributed by atoms with E-state index in [1.54, 1.807) is 11.9 Å². The van der Waals surface area contributed by atoms with Crippen LogP contribution in [0.15, 0.2) is 53.3 Å². The van der Waals surface area contributed by atoms with E-state index in [4.69, 9.17) is 25.0 Å². The molecule has 426 valence electrons. The standard InChI is InChI=1S/C57H77N10O11P/c1-10-65-40-27-42-38(25-36(40)32(3)29-56(65,5)6)46(39-26-37-33(4)30-57(7,8)66(11-2)41(37)28-43(39)77-42)34-19-14-15-20-35(34)52(72)64(9)24-18-21-45(68)59-22-16-12-13-17-23-60-55-61-47-50(62-54(58)63-51(47)71)67(55)53-49(70)48(69)44(78-53)31-76-79(73,74)75/h14-15,19-20,25-28,32-33,44,48-49,53,69-70H,10-13,16-18,21-24,29-31H2,1-9H3,(H6,58,59,63,68,71,72,73,74,75)/p+1/t32?,33?,44-,48-,49-,53-/m1/s1. The number of fused-ring (bicyclic) bond motifs is 5.